The largest absolute Gasteiger partial charge is 0.496 e. The number of benzene rings is 1. The average molecular weight is 255 g/mol. The van der Waals surface area contributed by atoms with E-state index >= 15 is 0 Å². The van der Waals surface area contributed by atoms with E-state index in [9.17, 15) is 4.79 Å². The van der Waals surface area contributed by atoms with Crippen molar-refractivity contribution in [1.29, 1.82) is 0 Å². The number of hydrogen-bond acceptors (Lipinski definition) is 3. The molecule has 5 nitrogen and oxygen atoms in total. The molecule has 3 rings (SSSR count). The van der Waals surface area contributed by atoms with Gasteiger partial charge in [0, 0.05) is 23.9 Å². The molecule has 96 valence electrons. The van der Waals surface area contributed by atoms with Crippen molar-refractivity contribution in [2.24, 2.45) is 0 Å². The van der Waals surface area contributed by atoms with E-state index in [2.05, 4.69) is 10.1 Å². The van der Waals surface area contributed by atoms with Gasteiger partial charge in [0.25, 0.3) is 5.56 Å². The Labute approximate surface area is 109 Å². The molecule has 5 heteroatoms. The molecule has 3 aromatic rings. The van der Waals surface area contributed by atoms with Gasteiger partial charge in [0.15, 0.2) is 5.65 Å². The number of hydrogen-bond donors (Lipinski definition) is 1. The van der Waals surface area contributed by atoms with Crippen LogP contribution in [0.5, 0.6) is 5.75 Å². The molecule has 2 heterocycles. The van der Waals surface area contributed by atoms with Crippen LogP contribution < -0.4 is 10.3 Å². The Balaban J connectivity index is 2.21. The van der Waals surface area contributed by atoms with E-state index in [1.807, 2.05) is 25.1 Å². The highest BCUT2D eigenvalue weighted by molar-refractivity contribution is 5.64. The summed E-state index contributed by atoms with van der Waals surface area (Å²) in [4.78, 5) is 16.4. The quantitative estimate of drug-likeness (QED) is 0.762. The normalized spacial score (nSPS) is 10.8. The fourth-order valence-electron chi connectivity index (χ4n) is 2.06. The number of ether oxygens (including phenoxy) is 1. The van der Waals surface area contributed by atoms with Crippen LogP contribution >= 0.6 is 0 Å². The SMILES string of the molecule is COc1cc(-c2cc(=O)n3[nH]ccc3n2)ccc1C. The van der Waals surface area contributed by atoms with Crippen molar-refractivity contribution in [3.8, 4) is 17.0 Å². The predicted molar refractivity (Wildman–Crippen MR) is 72.5 cm³/mol. The zero-order chi connectivity index (χ0) is 13.4. The monoisotopic (exact) mass is 255 g/mol. The molecule has 0 bridgehead atoms. The lowest BCUT2D eigenvalue weighted by Gasteiger charge is -2.07. The number of nitrogens with one attached hydrogen (secondary N) is 1. The number of aromatic amines is 1. The summed E-state index contributed by atoms with van der Waals surface area (Å²) >= 11 is 0. The number of aryl methyl sites for hydroxylation is 1. The fourth-order valence-corrected chi connectivity index (χ4v) is 2.06. The van der Waals surface area contributed by atoms with Crippen LogP contribution in [-0.2, 0) is 0 Å². The Morgan fingerprint density at radius 2 is 2.11 bits per heavy atom. The van der Waals surface area contributed by atoms with Gasteiger partial charge in [0.1, 0.15) is 5.75 Å². The fraction of sp³-hybridized carbons (Fsp3) is 0.143. The van der Waals surface area contributed by atoms with Crippen molar-refractivity contribution in [2.45, 2.75) is 6.92 Å². The molecular formula is C14H13N3O2. The van der Waals surface area contributed by atoms with E-state index in [4.69, 9.17) is 4.74 Å². The van der Waals surface area contributed by atoms with E-state index in [1.165, 1.54) is 10.6 Å². The Morgan fingerprint density at radius 3 is 2.89 bits per heavy atom. The third kappa shape index (κ3) is 1.89. The minimum atomic E-state index is -0.135. The first kappa shape index (κ1) is 11.5. The molecule has 0 aliphatic heterocycles. The summed E-state index contributed by atoms with van der Waals surface area (Å²) in [6, 6.07) is 9.04. The first-order valence-corrected chi connectivity index (χ1v) is 5.91. The predicted octanol–water partition coefficient (Wildman–Crippen LogP) is 2.01. The smallest absolute Gasteiger partial charge is 0.273 e. The Morgan fingerprint density at radius 1 is 1.26 bits per heavy atom. The molecule has 2 aromatic heterocycles. The lowest BCUT2D eigenvalue weighted by atomic mass is 10.1. The molecule has 0 saturated heterocycles. The molecule has 0 radical (unpaired) electrons. The van der Waals surface area contributed by atoms with Gasteiger partial charge in [-0.25, -0.2) is 9.50 Å². The second-order valence-corrected chi connectivity index (χ2v) is 4.32. The first-order valence-electron chi connectivity index (χ1n) is 5.91. The van der Waals surface area contributed by atoms with Gasteiger partial charge in [0.05, 0.1) is 12.8 Å². The highest BCUT2D eigenvalue weighted by Gasteiger charge is 2.07. The van der Waals surface area contributed by atoms with Crippen LogP contribution in [-0.4, -0.2) is 21.7 Å². The minimum Gasteiger partial charge on any atom is -0.496 e. The number of fused-ring (bicyclic) bond motifs is 1. The minimum absolute atomic E-state index is 0.135. The van der Waals surface area contributed by atoms with Crippen molar-refractivity contribution >= 4 is 5.65 Å². The van der Waals surface area contributed by atoms with Crippen LogP contribution in [0.4, 0.5) is 0 Å². The Bertz CT molecular complexity index is 802. The van der Waals surface area contributed by atoms with Crippen LogP contribution in [0.15, 0.2) is 41.3 Å². The molecule has 0 saturated carbocycles. The van der Waals surface area contributed by atoms with Crippen molar-refractivity contribution in [3.63, 3.8) is 0 Å². The molecule has 1 aromatic carbocycles. The van der Waals surface area contributed by atoms with Gasteiger partial charge >= 0.3 is 0 Å². The number of methoxy groups -OCH3 is 1. The van der Waals surface area contributed by atoms with Crippen molar-refractivity contribution in [1.82, 2.24) is 14.6 Å². The average Bonchev–Trinajstić information content (AvgIpc) is 2.88. The molecule has 0 amide bonds. The van der Waals surface area contributed by atoms with Crippen LogP contribution in [0, 0.1) is 6.92 Å². The van der Waals surface area contributed by atoms with Crippen LogP contribution in [0.25, 0.3) is 16.9 Å². The molecule has 0 atom stereocenters. The van der Waals surface area contributed by atoms with Gasteiger partial charge < -0.3 is 4.74 Å². The molecule has 19 heavy (non-hydrogen) atoms. The van der Waals surface area contributed by atoms with Gasteiger partial charge in [-0.1, -0.05) is 12.1 Å². The third-order valence-electron chi connectivity index (χ3n) is 3.08. The van der Waals surface area contributed by atoms with Gasteiger partial charge in [-0.05, 0) is 18.6 Å². The summed E-state index contributed by atoms with van der Waals surface area (Å²) < 4.78 is 6.69. The Kier molecular flexibility index (Phi) is 2.59. The lowest BCUT2D eigenvalue weighted by molar-refractivity contribution is 0.412. The standard InChI is InChI=1S/C14H13N3O2/c1-9-3-4-10(7-12(9)19-2)11-8-14(18)17-13(16-11)5-6-15-17/h3-8,15H,1-2H3. The number of rotatable bonds is 2. The maximum Gasteiger partial charge on any atom is 0.273 e. The van der Waals surface area contributed by atoms with E-state index in [0.29, 0.717) is 11.3 Å². The maximum absolute atomic E-state index is 11.9. The van der Waals surface area contributed by atoms with E-state index in [0.717, 1.165) is 16.9 Å². The van der Waals surface area contributed by atoms with E-state index < -0.39 is 0 Å². The second-order valence-electron chi connectivity index (χ2n) is 4.32. The molecule has 1 N–H and O–H groups in total. The summed E-state index contributed by atoms with van der Waals surface area (Å²) in [7, 11) is 1.63. The zero-order valence-electron chi connectivity index (χ0n) is 10.7. The summed E-state index contributed by atoms with van der Waals surface area (Å²) in [5.41, 5.74) is 3.02. The molecule has 0 aliphatic carbocycles. The van der Waals surface area contributed by atoms with Gasteiger partial charge in [0.2, 0.25) is 0 Å². The highest BCUT2D eigenvalue weighted by Crippen LogP contribution is 2.25. The van der Waals surface area contributed by atoms with E-state index in [1.54, 1.807) is 19.4 Å². The maximum atomic E-state index is 11.9. The van der Waals surface area contributed by atoms with Crippen molar-refractivity contribution in [3.05, 3.63) is 52.4 Å². The van der Waals surface area contributed by atoms with Crippen LogP contribution in [0.1, 0.15) is 5.56 Å². The molecule has 0 aliphatic rings. The number of aromatic nitrogens is 3. The van der Waals surface area contributed by atoms with Crippen molar-refractivity contribution < 1.29 is 4.74 Å². The van der Waals surface area contributed by atoms with E-state index in [-0.39, 0.29) is 5.56 Å². The lowest BCUT2D eigenvalue weighted by Crippen LogP contribution is -2.14. The second kappa shape index (κ2) is 4.28. The third-order valence-corrected chi connectivity index (χ3v) is 3.08. The number of H-pyrrole nitrogens is 1. The Hall–Kier alpha value is -2.56. The van der Waals surface area contributed by atoms with Crippen molar-refractivity contribution in [2.75, 3.05) is 7.11 Å². The first-order chi connectivity index (χ1) is 9.19. The number of nitrogens with zero attached hydrogens (tertiary/aromatic N) is 2. The zero-order valence-corrected chi connectivity index (χ0v) is 10.7. The molecule has 0 fully saturated rings. The van der Waals surface area contributed by atoms with Gasteiger partial charge in [-0.15, -0.1) is 0 Å². The summed E-state index contributed by atoms with van der Waals surface area (Å²) in [5.74, 6) is 0.786. The highest BCUT2D eigenvalue weighted by atomic mass is 16.5. The van der Waals surface area contributed by atoms with Gasteiger partial charge in [-0.2, -0.15) is 0 Å². The van der Waals surface area contributed by atoms with Gasteiger partial charge in [-0.3, -0.25) is 9.89 Å². The summed E-state index contributed by atoms with van der Waals surface area (Å²) in [6.07, 6.45) is 1.68. The molecular weight excluding hydrogens is 242 g/mol. The summed E-state index contributed by atoms with van der Waals surface area (Å²) in [5, 5.41) is 2.82. The topological polar surface area (TPSA) is 59.4 Å². The molecule has 0 spiro atoms. The summed E-state index contributed by atoms with van der Waals surface area (Å²) in [6.45, 7) is 1.97. The van der Waals surface area contributed by atoms with Crippen LogP contribution in [0.2, 0.25) is 0 Å². The van der Waals surface area contributed by atoms with Crippen LogP contribution in [0.3, 0.4) is 0 Å². The molecule has 0 unspecified atom stereocenters.